The smallest absolute Gasteiger partial charge is 0.238 e. The molecule has 1 amide bonds. The minimum absolute atomic E-state index is 0.00445. The van der Waals surface area contributed by atoms with Crippen LogP contribution in [-0.2, 0) is 11.2 Å². The molecule has 0 aromatic carbocycles. The number of rotatable bonds is 6. The van der Waals surface area contributed by atoms with E-state index in [-0.39, 0.29) is 18.6 Å². The number of furan rings is 1. The monoisotopic (exact) mass is 319 g/mol. The average molecular weight is 319 g/mol. The molecule has 2 aromatic heterocycles. The van der Waals surface area contributed by atoms with E-state index in [0.29, 0.717) is 36.2 Å². The molecule has 7 heteroatoms. The average Bonchev–Trinajstić information content (AvgIpc) is 3.25. The van der Waals surface area contributed by atoms with Gasteiger partial charge in [0.1, 0.15) is 0 Å². The highest BCUT2D eigenvalue weighted by atomic mass is 16.5. The third-order valence-electron chi connectivity index (χ3n) is 4.25. The predicted octanol–water partition coefficient (Wildman–Crippen LogP) is 1.93. The van der Waals surface area contributed by atoms with E-state index < -0.39 is 0 Å². The molecule has 2 aromatic rings. The molecule has 2 heterocycles. The summed E-state index contributed by atoms with van der Waals surface area (Å²) in [6.45, 7) is 0.246. The van der Waals surface area contributed by atoms with E-state index >= 15 is 0 Å². The summed E-state index contributed by atoms with van der Waals surface area (Å²) in [4.78, 5) is 16.2. The van der Waals surface area contributed by atoms with Gasteiger partial charge in [-0.05, 0) is 43.7 Å². The first-order valence-corrected chi connectivity index (χ1v) is 8.01. The van der Waals surface area contributed by atoms with Crippen molar-refractivity contribution in [3.05, 3.63) is 24.3 Å². The second-order valence-electron chi connectivity index (χ2n) is 5.96. The van der Waals surface area contributed by atoms with Gasteiger partial charge in [0.2, 0.25) is 17.6 Å². The number of aromatic nitrogens is 2. The number of carbonyl (C=O) groups excluding carboxylic acids is 1. The van der Waals surface area contributed by atoms with E-state index in [1.165, 1.54) is 0 Å². The Morgan fingerprint density at radius 3 is 2.87 bits per heavy atom. The minimum atomic E-state index is -0.00445. The highest BCUT2D eigenvalue weighted by Gasteiger charge is 2.22. The summed E-state index contributed by atoms with van der Waals surface area (Å²) in [6.07, 6.45) is 6.07. The Morgan fingerprint density at radius 1 is 1.35 bits per heavy atom. The Balaban J connectivity index is 1.43. The molecule has 0 spiro atoms. The first-order chi connectivity index (χ1) is 11.2. The Kier molecular flexibility index (Phi) is 5.07. The van der Waals surface area contributed by atoms with Crippen molar-refractivity contribution in [1.82, 2.24) is 15.5 Å². The Labute approximate surface area is 134 Å². The maximum atomic E-state index is 12.0. The van der Waals surface area contributed by atoms with Gasteiger partial charge in [-0.15, -0.1) is 0 Å². The van der Waals surface area contributed by atoms with Crippen LogP contribution in [0.25, 0.3) is 11.6 Å². The fourth-order valence-corrected chi connectivity index (χ4v) is 2.87. The molecular weight excluding hydrogens is 298 g/mol. The second-order valence-corrected chi connectivity index (χ2v) is 5.96. The van der Waals surface area contributed by atoms with E-state index in [2.05, 4.69) is 15.5 Å². The summed E-state index contributed by atoms with van der Waals surface area (Å²) < 4.78 is 10.3. The van der Waals surface area contributed by atoms with Crippen molar-refractivity contribution in [3.63, 3.8) is 0 Å². The highest BCUT2D eigenvalue weighted by Crippen LogP contribution is 2.23. The first kappa shape index (κ1) is 15.7. The largest absolute Gasteiger partial charge is 0.461 e. The molecule has 1 saturated carbocycles. The van der Waals surface area contributed by atoms with Crippen molar-refractivity contribution in [2.75, 3.05) is 6.61 Å². The third-order valence-corrected chi connectivity index (χ3v) is 4.25. The molecule has 1 aliphatic rings. The predicted molar refractivity (Wildman–Crippen MR) is 81.3 cm³/mol. The van der Waals surface area contributed by atoms with E-state index in [4.69, 9.17) is 14.0 Å². The lowest BCUT2D eigenvalue weighted by Gasteiger charge is -2.27. The van der Waals surface area contributed by atoms with Gasteiger partial charge in [0.15, 0.2) is 5.76 Å². The molecule has 1 aliphatic carbocycles. The molecule has 124 valence electrons. The van der Waals surface area contributed by atoms with Gasteiger partial charge < -0.3 is 19.4 Å². The lowest BCUT2D eigenvalue weighted by Crippen LogP contribution is -2.38. The molecule has 3 rings (SSSR count). The van der Waals surface area contributed by atoms with Crippen molar-refractivity contribution >= 4 is 5.91 Å². The normalized spacial score (nSPS) is 21.3. The zero-order chi connectivity index (χ0) is 16.1. The summed E-state index contributed by atoms with van der Waals surface area (Å²) in [7, 11) is 0. The molecule has 0 radical (unpaired) electrons. The number of amides is 1. The number of nitrogens with one attached hydrogen (secondary N) is 1. The number of aliphatic hydroxyl groups excluding tert-OH is 1. The number of aryl methyl sites for hydroxylation is 1. The second kappa shape index (κ2) is 7.41. The SMILES string of the molecule is O=C(CCc1nc(-c2ccco2)no1)NC1CCC(CO)CC1. The molecule has 0 saturated heterocycles. The summed E-state index contributed by atoms with van der Waals surface area (Å²) in [5.74, 6) is 1.75. The van der Waals surface area contributed by atoms with Gasteiger partial charge in [0, 0.05) is 25.5 Å². The Hall–Kier alpha value is -2.15. The van der Waals surface area contributed by atoms with Gasteiger partial charge >= 0.3 is 0 Å². The quantitative estimate of drug-likeness (QED) is 0.843. The van der Waals surface area contributed by atoms with Crippen LogP contribution in [0.2, 0.25) is 0 Å². The zero-order valence-corrected chi connectivity index (χ0v) is 12.9. The molecule has 1 fully saturated rings. The zero-order valence-electron chi connectivity index (χ0n) is 12.9. The molecule has 2 N–H and O–H groups in total. The van der Waals surface area contributed by atoms with E-state index in [9.17, 15) is 4.79 Å². The van der Waals surface area contributed by atoms with Crippen LogP contribution in [-0.4, -0.2) is 33.8 Å². The van der Waals surface area contributed by atoms with Crippen molar-refractivity contribution in [1.29, 1.82) is 0 Å². The molecule has 0 aliphatic heterocycles. The summed E-state index contributed by atoms with van der Waals surface area (Å²) in [6, 6.07) is 3.72. The van der Waals surface area contributed by atoms with Crippen LogP contribution < -0.4 is 5.32 Å². The summed E-state index contributed by atoms with van der Waals surface area (Å²) >= 11 is 0. The van der Waals surface area contributed by atoms with Crippen molar-refractivity contribution in [2.45, 2.75) is 44.6 Å². The Morgan fingerprint density at radius 2 is 2.17 bits per heavy atom. The van der Waals surface area contributed by atoms with Gasteiger partial charge in [-0.25, -0.2) is 0 Å². The molecule has 7 nitrogen and oxygen atoms in total. The van der Waals surface area contributed by atoms with E-state index in [1.54, 1.807) is 18.4 Å². The van der Waals surface area contributed by atoms with E-state index in [0.717, 1.165) is 25.7 Å². The van der Waals surface area contributed by atoms with Crippen LogP contribution in [0.3, 0.4) is 0 Å². The van der Waals surface area contributed by atoms with Crippen LogP contribution in [0, 0.1) is 5.92 Å². The lowest BCUT2D eigenvalue weighted by atomic mass is 9.86. The lowest BCUT2D eigenvalue weighted by molar-refractivity contribution is -0.122. The number of hydrogen-bond acceptors (Lipinski definition) is 6. The Bertz CT molecular complexity index is 615. The number of nitrogens with zero attached hydrogens (tertiary/aromatic N) is 2. The fourth-order valence-electron chi connectivity index (χ4n) is 2.87. The first-order valence-electron chi connectivity index (χ1n) is 8.01. The maximum absolute atomic E-state index is 12.0. The van der Waals surface area contributed by atoms with Gasteiger partial charge in [-0.3, -0.25) is 4.79 Å². The van der Waals surface area contributed by atoms with Crippen LogP contribution in [0.1, 0.15) is 38.0 Å². The van der Waals surface area contributed by atoms with Crippen molar-refractivity contribution in [3.8, 4) is 11.6 Å². The van der Waals surface area contributed by atoms with Crippen LogP contribution in [0.4, 0.5) is 0 Å². The van der Waals surface area contributed by atoms with Gasteiger partial charge in [0.05, 0.1) is 6.26 Å². The van der Waals surface area contributed by atoms with Crippen LogP contribution >= 0.6 is 0 Å². The number of aliphatic hydroxyl groups is 1. The highest BCUT2D eigenvalue weighted by molar-refractivity contribution is 5.76. The maximum Gasteiger partial charge on any atom is 0.238 e. The van der Waals surface area contributed by atoms with Gasteiger partial charge in [0.25, 0.3) is 0 Å². The summed E-state index contributed by atoms with van der Waals surface area (Å²) in [5, 5.41) is 16.0. The molecular formula is C16H21N3O4. The molecule has 0 bridgehead atoms. The number of carbonyl (C=O) groups is 1. The topological polar surface area (TPSA) is 101 Å². The molecule has 0 unspecified atom stereocenters. The third kappa shape index (κ3) is 4.19. The number of hydrogen-bond donors (Lipinski definition) is 2. The van der Waals surface area contributed by atoms with Crippen LogP contribution in [0.5, 0.6) is 0 Å². The molecule has 0 atom stereocenters. The standard InChI is InChI=1S/C16H21N3O4/c20-10-11-3-5-12(6-4-11)17-14(21)7-8-15-18-16(19-23-15)13-2-1-9-22-13/h1-2,9,11-12,20H,3-8,10H2,(H,17,21). The van der Waals surface area contributed by atoms with Crippen LogP contribution in [0.15, 0.2) is 27.3 Å². The summed E-state index contributed by atoms with van der Waals surface area (Å²) in [5.41, 5.74) is 0. The van der Waals surface area contributed by atoms with Crippen molar-refractivity contribution < 1.29 is 18.8 Å². The van der Waals surface area contributed by atoms with Gasteiger partial charge in [-0.2, -0.15) is 4.98 Å². The minimum Gasteiger partial charge on any atom is -0.461 e. The fraction of sp³-hybridized carbons (Fsp3) is 0.562. The molecule has 23 heavy (non-hydrogen) atoms. The van der Waals surface area contributed by atoms with Crippen molar-refractivity contribution in [2.24, 2.45) is 5.92 Å². The van der Waals surface area contributed by atoms with Gasteiger partial charge in [-0.1, -0.05) is 5.16 Å². The van der Waals surface area contributed by atoms with E-state index in [1.807, 2.05) is 0 Å².